The van der Waals surface area contributed by atoms with E-state index in [1.165, 1.54) is 0 Å². The molecule has 1 saturated heterocycles. The summed E-state index contributed by atoms with van der Waals surface area (Å²) in [5, 5.41) is 35.2. The van der Waals surface area contributed by atoms with Gasteiger partial charge in [-0.15, -0.1) is 0 Å². The van der Waals surface area contributed by atoms with E-state index in [0.717, 1.165) is 0 Å². The summed E-state index contributed by atoms with van der Waals surface area (Å²) in [5.41, 5.74) is 0. The predicted octanol–water partition coefficient (Wildman–Crippen LogP) is -2.58. The van der Waals surface area contributed by atoms with Gasteiger partial charge in [-0.3, -0.25) is 0 Å². The Morgan fingerprint density at radius 2 is 1.90 bits per heavy atom. The minimum atomic E-state index is -2.51. The molecule has 0 aromatic carbocycles. The first-order valence-electron chi connectivity index (χ1n) is 3.36. The zero-order chi connectivity index (χ0) is 8.65. The SMILES string of the molecule is [2H]C1(O)O[C@H](CO)C(O)[C@@H]1O. The van der Waals surface area contributed by atoms with Gasteiger partial charge in [0.2, 0.25) is 0 Å². The molecule has 0 spiro atoms. The van der Waals surface area contributed by atoms with Crippen molar-refractivity contribution in [1.82, 2.24) is 0 Å². The molecule has 0 bridgehead atoms. The minimum Gasteiger partial charge on any atom is -0.394 e. The van der Waals surface area contributed by atoms with E-state index in [1.807, 2.05) is 0 Å². The van der Waals surface area contributed by atoms with E-state index in [1.54, 1.807) is 0 Å². The van der Waals surface area contributed by atoms with Crippen LogP contribution in [0.15, 0.2) is 0 Å². The number of ether oxygens (including phenoxy) is 1. The average Bonchev–Trinajstić information content (AvgIpc) is 2.13. The molecule has 0 aromatic heterocycles. The van der Waals surface area contributed by atoms with Gasteiger partial charge in [-0.2, -0.15) is 0 Å². The zero-order valence-corrected chi connectivity index (χ0v) is 5.14. The Labute approximate surface area is 58.9 Å². The summed E-state index contributed by atoms with van der Waals surface area (Å²) in [6, 6.07) is 0. The maximum Gasteiger partial charge on any atom is 0.184 e. The molecular formula is C5H10O5. The van der Waals surface area contributed by atoms with Gasteiger partial charge in [0.25, 0.3) is 0 Å². The molecule has 4 atom stereocenters. The van der Waals surface area contributed by atoms with E-state index in [-0.39, 0.29) is 0 Å². The normalized spacial score (nSPS) is 56.8. The molecular weight excluding hydrogens is 140 g/mol. The van der Waals surface area contributed by atoms with Crippen LogP contribution in [0.1, 0.15) is 1.37 Å². The first kappa shape index (κ1) is 6.51. The molecule has 0 aromatic rings. The fraction of sp³-hybridized carbons (Fsp3) is 1.00. The van der Waals surface area contributed by atoms with Crippen molar-refractivity contribution in [2.24, 2.45) is 0 Å². The zero-order valence-electron chi connectivity index (χ0n) is 6.14. The van der Waals surface area contributed by atoms with Crippen LogP contribution >= 0.6 is 0 Å². The van der Waals surface area contributed by atoms with Crippen LogP contribution in [0.2, 0.25) is 0 Å². The summed E-state index contributed by atoms with van der Waals surface area (Å²) in [5.74, 6) is 0. The fourth-order valence-electron chi connectivity index (χ4n) is 0.789. The van der Waals surface area contributed by atoms with Crippen molar-refractivity contribution < 1.29 is 26.5 Å². The molecule has 60 valence electrons. The lowest BCUT2D eigenvalue weighted by Crippen LogP contribution is -2.33. The lowest BCUT2D eigenvalue weighted by molar-refractivity contribution is -0.132. The number of rotatable bonds is 1. The van der Waals surface area contributed by atoms with Crippen LogP contribution in [-0.2, 0) is 4.74 Å². The molecule has 5 heteroatoms. The van der Waals surface area contributed by atoms with Crippen LogP contribution in [-0.4, -0.2) is 51.6 Å². The van der Waals surface area contributed by atoms with Crippen LogP contribution in [0.4, 0.5) is 0 Å². The first-order chi connectivity index (χ1) is 4.99. The Balaban J connectivity index is 2.69. The van der Waals surface area contributed by atoms with Gasteiger partial charge in [-0.25, -0.2) is 0 Å². The Bertz CT molecular complexity index is 150. The predicted molar refractivity (Wildman–Crippen MR) is 30.0 cm³/mol. The average molecular weight is 151 g/mol. The molecule has 1 heterocycles. The molecule has 2 unspecified atom stereocenters. The largest absolute Gasteiger partial charge is 0.394 e. The number of hydrogen-bond acceptors (Lipinski definition) is 5. The van der Waals surface area contributed by atoms with E-state index in [2.05, 4.69) is 4.74 Å². The summed E-state index contributed by atoms with van der Waals surface area (Å²) < 4.78 is 11.3. The smallest absolute Gasteiger partial charge is 0.184 e. The molecule has 4 N–H and O–H groups in total. The van der Waals surface area contributed by atoms with E-state index >= 15 is 0 Å². The lowest BCUT2D eigenvalue weighted by Gasteiger charge is -2.09. The summed E-state index contributed by atoms with van der Waals surface area (Å²) in [7, 11) is 0. The van der Waals surface area contributed by atoms with Crippen molar-refractivity contribution in [3.05, 3.63) is 0 Å². The van der Waals surface area contributed by atoms with Gasteiger partial charge < -0.3 is 25.2 Å². The van der Waals surface area contributed by atoms with Crippen molar-refractivity contribution >= 4 is 0 Å². The van der Waals surface area contributed by atoms with Gasteiger partial charge >= 0.3 is 0 Å². The van der Waals surface area contributed by atoms with E-state index in [4.69, 9.17) is 21.8 Å². The molecule has 1 aliphatic rings. The first-order valence-corrected chi connectivity index (χ1v) is 2.86. The number of hydrogen-bond donors (Lipinski definition) is 4. The second kappa shape index (κ2) is 2.81. The second-order valence-corrected chi connectivity index (χ2v) is 2.11. The van der Waals surface area contributed by atoms with Gasteiger partial charge in [-0.1, -0.05) is 0 Å². The number of aliphatic hydroxyl groups is 4. The third kappa shape index (κ3) is 1.14. The Morgan fingerprint density at radius 1 is 1.30 bits per heavy atom. The van der Waals surface area contributed by atoms with Gasteiger partial charge in [0.05, 0.1) is 7.98 Å². The third-order valence-electron chi connectivity index (χ3n) is 1.41. The van der Waals surface area contributed by atoms with Crippen molar-refractivity contribution in [1.29, 1.82) is 0 Å². The Hall–Kier alpha value is -0.200. The van der Waals surface area contributed by atoms with Crippen molar-refractivity contribution in [2.75, 3.05) is 6.61 Å². The molecule has 0 saturated carbocycles. The van der Waals surface area contributed by atoms with E-state index < -0.39 is 31.2 Å². The standard InChI is InChI=1S/C5H10O5/c6-1-2-3(7)4(8)5(9)10-2/h2-9H,1H2/t2-,3?,4+,5?/m1/s1/i5D. The van der Waals surface area contributed by atoms with Gasteiger partial charge in [-0.05, 0) is 0 Å². The highest BCUT2D eigenvalue weighted by molar-refractivity contribution is 4.84. The number of aliphatic hydroxyl groups excluding tert-OH is 3. The monoisotopic (exact) mass is 151 g/mol. The summed E-state index contributed by atoms with van der Waals surface area (Å²) in [6.07, 6.45) is -6.71. The highest BCUT2D eigenvalue weighted by atomic mass is 16.6. The van der Waals surface area contributed by atoms with Gasteiger partial charge in [0.15, 0.2) is 6.27 Å². The van der Waals surface area contributed by atoms with Crippen LogP contribution in [0, 0.1) is 0 Å². The lowest BCUT2D eigenvalue weighted by atomic mass is 10.1. The molecule has 10 heavy (non-hydrogen) atoms. The van der Waals surface area contributed by atoms with E-state index in [0.29, 0.717) is 0 Å². The van der Waals surface area contributed by atoms with Gasteiger partial charge in [0.1, 0.15) is 18.3 Å². The van der Waals surface area contributed by atoms with E-state index in [9.17, 15) is 0 Å². The van der Waals surface area contributed by atoms with Crippen LogP contribution in [0.5, 0.6) is 0 Å². The molecule has 0 amide bonds. The maximum absolute atomic E-state index is 8.98. The highest BCUT2D eigenvalue weighted by Crippen LogP contribution is 2.18. The van der Waals surface area contributed by atoms with Gasteiger partial charge in [0, 0.05) is 0 Å². The summed E-state index contributed by atoms with van der Waals surface area (Å²) in [6.45, 7) is -0.542. The third-order valence-corrected chi connectivity index (χ3v) is 1.41. The Kier molecular flexibility index (Phi) is 1.83. The minimum absolute atomic E-state index is 0.542. The molecule has 1 rings (SSSR count). The van der Waals surface area contributed by atoms with Crippen molar-refractivity contribution in [3.8, 4) is 0 Å². The second-order valence-electron chi connectivity index (χ2n) is 2.11. The van der Waals surface area contributed by atoms with Crippen LogP contribution in [0.25, 0.3) is 0 Å². The maximum atomic E-state index is 8.98. The summed E-state index contributed by atoms with van der Waals surface area (Å²) in [4.78, 5) is 0. The van der Waals surface area contributed by atoms with Crippen LogP contribution < -0.4 is 0 Å². The van der Waals surface area contributed by atoms with Crippen molar-refractivity contribution in [3.63, 3.8) is 0 Å². The fourth-order valence-corrected chi connectivity index (χ4v) is 0.789. The molecule has 5 nitrogen and oxygen atoms in total. The van der Waals surface area contributed by atoms with Crippen molar-refractivity contribution in [2.45, 2.75) is 24.6 Å². The molecule has 1 fully saturated rings. The molecule has 1 aliphatic heterocycles. The Morgan fingerprint density at radius 3 is 2.10 bits per heavy atom. The summed E-state index contributed by atoms with van der Waals surface area (Å²) >= 11 is 0. The quantitative estimate of drug-likeness (QED) is 0.330. The molecule has 0 aliphatic carbocycles. The van der Waals surface area contributed by atoms with Crippen LogP contribution in [0.3, 0.4) is 0 Å². The highest BCUT2D eigenvalue weighted by Gasteiger charge is 2.41. The topological polar surface area (TPSA) is 90.2 Å². The molecule has 0 radical (unpaired) electrons.